The maximum atomic E-state index is 12.5. The van der Waals surface area contributed by atoms with Gasteiger partial charge in [-0.25, -0.2) is 8.42 Å². The second kappa shape index (κ2) is 15.2. The molecule has 228 valence electrons. The molecule has 0 spiro atoms. The Bertz CT molecular complexity index is 1440. The van der Waals surface area contributed by atoms with Crippen LogP contribution in [0.4, 0.5) is 5.13 Å². The molecular weight excluding hydrogens is 573 g/mol. The summed E-state index contributed by atoms with van der Waals surface area (Å²) in [5, 5.41) is 26.5. The molecule has 12 heteroatoms. The van der Waals surface area contributed by atoms with E-state index in [1.807, 2.05) is 43.3 Å². The fourth-order valence-electron chi connectivity index (χ4n) is 4.49. The van der Waals surface area contributed by atoms with Gasteiger partial charge in [0.05, 0.1) is 18.3 Å². The number of allylic oxidation sites excluding steroid dienone is 1. The Hall–Kier alpha value is -3.32. The number of aromatic nitrogens is 2. The van der Waals surface area contributed by atoms with Crippen LogP contribution in [0.1, 0.15) is 54.8 Å². The van der Waals surface area contributed by atoms with E-state index in [0.717, 1.165) is 35.4 Å². The van der Waals surface area contributed by atoms with E-state index in [9.17, 15) is 18.3 Å². The zero-order valence-electron chi connectivity index (χ0n) is 24.4. The molecular formula is C30H42N6O4S2. The largest absolute Gasteiger partial charge is 0.402 e. The lowest BCUT2D eigenvalue weighted by Crippen LogP contribution is -2.46. The number of nitrogens with one attached hydrogen (secondary N) is 2. The van der Waals surface area contributed by atoms with Gasteiger partial charge in [0.15, 0.2) is 9.84 Å². The maximum Gasteiger partial charge on any atom is 0.225 e. The Morgan fingerprint density at radius 3 is 2.50 bits per heavy atom. The van der Waals surface area contributed by atoms with Crippen molar-refractivity contribution in [2.24, 2.45) is 17.4 Å². The van der Waals surface area contributed by atoms with Gasteiger partial charge in [-0.2, -0.15) is 0 Å². The summed E-state index contributed by atoms with van der Waals surface area (Å²) >= 11 is 1.43. The number of carbonyl (C=O) groups excluding carboxylic acids is 1. The first-order chi connectivity index (χ1) is 19.8. The van der Waals surface area contributed by atoms with Gasteiger partial charge in [-0.15, -0.1) is 10.2 Å². The number of amides is 1. The number of sulfone groups is 1. The van der Waals surface area contributed by atoms with Crippen LogP contribution in [-0.2, 0) is 39.6 Å². The fourth-order valence-corrected chi connectivity index (χ4v) is 6.18. The van der Waals surface area contributed by atoms with Crippen LogP contribution in [-0.4, -0.2) is 47.8 Å². The van der Waals surface area contributed by atoms with Crippen molar-refractivity contribution < 1.29 is 18.3 Å². The van der Waals surface area contributed by atoms with Gasteiger partial charge in [0.2, 0.25) is 11.0 Å². The summed E-state index contributed by atoms with van der Waals surface area (Å²) in [5.74, 6) is -0.489. The van der Waals surface area contributed by atoms with Crippen LogP contribution < -0.4 is 22.1 Å². The van der Waals surface area contributed by atoms with Gasteiger partial charge >= 0.3 is 0 Å². The Labute approximate surface area is 252 Å². The predicted molar refractivity (Wildman–Crippen MR) is 168 cm³/mol. The predicted octanol–water partition coefficient (Wildman–Crippen LogP) is 3.28. The van der Waals surface area contributed by atoms with Crippen LogP contribution in [0.3, 0.4) is 0 Å². The number of hydrogen-bond donors (Lipinski definition) is 5. The number of hydrogen-bond acceptors (Lipinski definition) is 10. The van der Waals surface area contributed by atoms with Crippen LogP contribution in [0, 0.1) is 5.92 Å². The van der Waals surface area contributed by atoms with Crippen molar-refractivity contribution in [1.82, 2.24) is 15.5 Å². The molecule has 0 saturated heterocycles. The average molecular weight is 615 g/mol. The molecule has 42 heavy (non-hydrogen) atoms. The van der Waals surface area contributed by atoms with Crippen molar-refractivity contribution in [3.63, 3.8) is 0 Å². The van der Waals surface area contributed by atoms with Crippen LogP contribution >= 0.6 is 11.3 Å². The van der Waals surface area contributed by atoms with Crippen LogP contribution in [0.15, 0.2) is 66.4 Å². The third kappa shape index (κ3) is 12.3. The van der Waals surface area contributed by atoms with Gasteiger partial charge in [0, 0.05) is 30.7 Å². The minimum atomic E-state index is -3.16. The number of nitrogens with zero attached hydrogens (tertiary/aromatic N) is 2. The van der Waals surface area contributed by atoms with Crippen molar-refractivity contribution in [2.45, 2.75) is 70.0 Å². The van der Waals surface area contributed by atoms with Gasteiger partial charge in [-0.1, -0.05) is 78.9 Å². The van der Waals surface area contributed by atoms with Crippen LogP contribution in [0.5, 0.6) is 0 Å². The number of unbranched alkanes of at least 4 members (excludes halogenated alkanes) is 1. The third-order valence-corrected chi connectivity index (χ3v) is 8.25. The number of anilines is 1. The van der Waals surface area contributed by atoms with Gasteiger partial charge in [-0.05, 0) is 42.9 Å². The highest BCUT2D eigenvalue weighted by Gasteiger charge is 2.22. The normalized spacial score (nSPS) is 15.0. The molecule has 3 atom stereocenters. The SMILES string of the molecule is CC(/C=C(\N)CCCCc1nnc(NC(C)(O)Cc2ccccc2)s1)C(N)NC(=O)Cc1cccc(CS(C)(=O)=O)c1. The molecule has 10 nitrogen and oxygen atoms in total. The molecule has 3 aromatic rings. The van der Waals surface area contributed by atoms with Crippen molar-refractivity contribution in [3.05, 3.63) is 88.1 Å². The van der Waals surface area contributed by atoms with Gasteiger partial charge < -0.3 is 27.2 Å². The molecule has 1 aromatic heterocycles. The highest BCUT2D eigenvalue weighted by atomic mass is 32.2. The number of aryl methyl sites for hydroxylation is 1. The van der Waals surface area contributed by atoms with Crippen LogP contribution in [0.2, 0.25) is 0 Å². The first-order valence-electron chi connectivity index (χ1n) is 13.9. The van der Waals surface area contributed by atoms with E-state index < -0.39 is 21.7 Å². The Morgan fingerprint density at radius 2 is 1.79 bits per heavy atom. The smallest absolute Gasteiger partial charge is 0.225 e. The number of benzene rings is 2. The molecule has 3 unspecified atom stereocenters. The van der Waals surface area contributed by atoms with Gasteiger partial charge in [0.1, 0.15) is 10.7 Å². The first kappa shape index (κ1) is 33.2. The van der Waals surface area contributed by atoms with E-state index in [1.54, 1.807) is 31.2 Å². The first-order valence-corrected chi connectivity index (χ1v) is 16.8. The number of nitrogens with two attached hydrogens (primary N) is 2. The summed E-state index contributed by atoms with van der Waals surface area (Å²) in [6.45, 7) is 3.62. The molecule has 0 saturated carbocycles. The monoisotopic (exact) mass is 614 g/mol. The van der Waals surface area contributed by atoms with Crippen molar-refractivity contribution in [1.29, 1.82) is 0 Å². The Balaban J connectivity index is 1.38. The summed E-state index contributed by atoms with van der Waals surface area (Å²) < 4.78 is 23.1. The van der Waals surface area contributed by atoms with E-state index in [1.165, 1.54) is 17.6 Å². The molecule has 0 fully saturated rings. The standard InChI is InChI=1S/C30H42N6O4S2/c1-21(28(32)33-26(37)18-23-12-9-13-24(17-23)20-42(3,39)40)16-25(31)14-7-8-15-27-35-36-29(41-27)34-30(2,38)19-22-10-5-4-6-11-22/h4-6,9-13,16-17,21,28,38H,7-8,14-15,18-20,31-32H2,1-3H3,(H,33,37)(H,34,36)/b25-16-. The molecule has 0 aliphatic rings. The number of carbonyl (C=O) groups is 1. The number of aliphatic hydroxyl groups is 1. The minimum absolute atomic E-state index is 0.0690. The van der Waals surface area contributed by atoms with Crippen LogP contribution in [0.25, 0.3) is 0 Å². The summed E-state index contributed by atoms with van der Waals surface area (Å²) in [6.07, 6.45) is 6.16. The molecule has 0 aliphatic heterocycles. The zero-order chi connectivity index (χ0) is 30.8. The van der Waals surface area contributed by atoms with E-state index in [4.69, 9.17) is 11.5 Å². The van der Waals surface area contributed by atoms with Crippen molar-refractivity contribution in [2.75, 3.05) is 11.6 Å². The summed E-state index contributed by atoms with van der Waals surface area (Å²) in [7, 11) is -3.16. The molecule has 1 heterocycles. The fraction of sp³-hybridized carbons (Fsp3) is 0.433. The summed E-state index contributed by atoms with van der Waals surface area (Å²) in [6, 6.07) is 16.8. The average Bonchev–Trinajstić information content (AvgIpc) is 3.32. The highest BCUT2D eigenvalue weighted by molar-refractivity contribution is 7.89. The molecule has 7 N–H and O–H groups in total. The lowest BCUT2D eigenvalue weighted by molar-refractivity contribution is -0.121. The highest BCUT2D eigenvalue weighted by Crippen LogP contribution is 2.23. The van der Waals surface area contributed by atoms with Crippen molar-refractivity contribution in [3.8, 4) is 0 Å². The zero-order valence-corrected chi connectivity index (χ0v) is 26.0. The summed E-state index contributed by atoms with van der Waals surface area (Å²) in [4.78, 5) is 12.5. The molecule has 0 radical (unpaired) electrons. The third-order valence-electron chi connectivity index (χ3n) is 6.50. The lowest BCUT2D eigenvalue weighted by atomic mass is 10.0. The van der Waals surface area contributed by atoms with E-state index in [0.29, 0.717) is 29.2 Å². The maximum absolute atomic E-state index is 12.5. The van der Waals surface area contributed by atoms with E-state index in [2.05, 4.69) is 20.8 Å². The summed E-state index contributed by atoms with van der Waals surface area (Å²) in [5.41, 5.74) is 14.4. The molecule has 3 rings (SSSR count). The molecule has 2 aromatic carbocycles. The molecule has 0 aliphatic carbocycles. The number of rotatable bonds is 16. The minimum Gasteiger partial charge on any atom is -0.402 e. The van der Waals surface area contributed by atoms with Crippen molar-refractivity contribution >= 4 is 32.2 Å². The Kier molecular flexibility index (Phi) is 12.0. The molecule has 0 bridgehead atoms. The topological polar surface area (TPSA) is 173 Å². The Morgan fingerprint density at radius 1 is 1.10 bits per heavy atom. The molecule has 1 amide bonds. The lowest BCUT2D eigenvalue weighted by Gasteiger charge is -2.24. The quantitative estimate of drug-likeness (QED) is 0.120. The van der Waals surface area contributed by atoms with E-state index in [-0.39, 0.29) is 24.0 Å². The van der Waals surface area contributed by atoms with Gasteiger partial charge in [-0.3, -0.25) is 4.79 Å². The second-order valence-electron chi connectivity index (χ2n) is 11.0. The van der Waals surface area contributed by atoms with Gasteiger partial charge in [0.25, 0.3) is 0 Å². The van der Waals surface area contributed by atoms with E-state index >= 15 is 0 Å². The second-order valence-corrected chi connectivity index (χ2v) is 14.2.